The molecule has 5 heteroatoms. The normalized spacial score (nSPS) is 16.4. The number of carbonyl (C=O) groups is 1. The Bertz CT molecular complexity index is 489. The number of alkyl carbamates (subject to hydrolysis) is 1. The molecule has 2 N–H and O–H groups in total. The zero-order chi connectivity index (χ0) is 16.2. The fourth-order valence-electron chi connectivity index (χ4n) is 2.35. The first-order chi connectivity index (χ1) is 10.4. The summed E-state index contributed by atoms with van der Waals surface area (Å²) in [5.41, 5.74) is -0.445. The summed E-state index contributed by atoms with van der Waals surface area (Å²) in [5.74, 6) is 0.592. The summed E-state index contributed by atoms with van der Waals surface area (Å²) in [5, 5.41) is 6.49. The van der Waals surface area contributed by atoms with Crippen molar-refractivity contribution >= 4 is 17.4 Å². The van der Waals surface area contributed by atoms with Gasteiger partial charge in [0.2, 0.25) is 0 Å². The van der Waals surface area contributed by atoms with Gasteiger partial charge < -0.3 is 15.4 Å². The lowest BCUT2D eigenvalue weighted by Gasteiger charge is -2.23. The van der Waals surface area contributed by atoms with Gasteiger partial charge in [-0.25, -0.2) is 4.79 Å². The third-order valence-corrected chi connectivity index (χ3v) is 4.85. The summed E-state index contributed by atoms with van der Waals surface area (Å²) in [7, 11) is 0. The van der Waals surface area contributed by atoms with Gasteiger partial charge in [-0.2, -0.15) is 0 Å². The van der Waals surface area contributed by atoms with Gasteiger partial charge in [0.15, 0.2) is 0 Å². The molecule has 1 aliphatic rings. The largest absolute Gasteiger partial charge is 0.444 e. The number of amides is 1. The predicted octanol–water partition coefficient (Wildman–Crippen LogP) is 3.70. The van der Waals surface area contributed by atoms with Gasteiger partial charge >= 0.3 is 6.09 Å². The highest BCUT2D eigenvalue weighted by Gasteiger charge is 2.33. The van der Waals surface area contributed by atoms with Crippen LogP contribution in [0.1, 0.15) is 50.3 Å². The maximum atomic E-state index is 11.9. The van der Waals surface area contributed by atoms with Crippen molar-refractivity contribution in [3.8, 4) is 0 Å². The van der Waals surface area contributed by atoms with Crippen LogP contribution < -0.4 is 10.6 Å². The van der Waals surface area contributed by atoms with Crippen LogP contribution in [0.4, 0.5) is 4.79 Å². The predicted molar refractivity (Wildman–Crippen MR) is 91.3 cm³/mol. The molecule has 0 bridgehead atoms. The zero-order valence-electron chi connectivity index (χ0n) is 14.1. The third-order valence-electron chi connectivity index (χ3n) is 3.62. The maximum absolute atomic E-state index is 11.9. The van der Waals surface area contributed by atoms with Gasteiger partial charge in [0.1, 0.15) is 5.60 Å². The Morgan fingerprint density at radius 3 is 2.59 bits per heavy atom. The number of rotatable bonds is 7. The van der Waals surface area contributed by atoms with E-state index in [1.165, 1.54) is 22.6 Å². The lowest BCUT2D eigenvalue weighted by atomic mass is 10.2. The van der Waals surface area contributed by atoms with Crippen molar-refractivity contribution in [1.82, 2.24) is 10.6 Å². The average molecular weight is 324 g/mol. The lowest BCUT2D eigenvalue weighted by Crippen LogP contribution is -2.45. The second-order valence-corrected chi connectivity index (χ2v) is 8.20. The molecule has 1 unspecified atom stereocenters. The minimum atomic E-state index is -0.445. The van der Waals surface area contributed by atoms with Gasteiger partial charge in [0.25, 0.3) is 0 Å². The Balaban J connectivity index is 1.76. The van der Waals surface area contributed by atoms with Crippen molar-refractivity contribution in [2.45, 2.75) is 65.1 Å². The summed E-state index contributed by atoms with van der Waals surface area (Å²) < 4.78 is 5.35. The van der Waals surface area contributed by atoms with Crippen molar-refractivity contribution < 1.29 is 9.53 Å². The Morgan fingerprint density at radius 2 is 2.05 bits per heavy atom. The number of hydrogen-bond donors (Lipinski definition) is 2. The summed E-state index contributed by atoms with van der Waals surface area (Å²) in [6.45, 7) is 9.50. The van der Waals surface area contributed by atoms with E-state index in [-0.39, 0.29) is 12.1 Å². The first-order valence-corrected chi connectivity index (χ1v) is 8.97. The monoisotopic (exact) mass is 324 g/mol. The van der Waals surface area contributed by atoms with Crippen LogP contribution in [0.3, 0.4) is 0 Å². The standard InChI is InChI=1S/C17H28N2O2S/c1-5-13-8-9-14(22-13)10-18-11-15(12-6-7-12)19-16(20)21-17(2,3)4/h8-9,12,15,18H,5-7,10-11H2,1-4H3,(H,19,20). The molecule has 1 atom stereocenters. The molecule has 0 radical (unpaired) electrons. The Labute approximate surface area is 137 Å². The van der Waals surface area contributed by atoms with Gasteiger partial charge in [0.05, 0.1) is 0 Å². The SMILES string of the molecule is CCc1ccc(CNCC(NC(=O)OC(C)(C)C)C2CC2)s1. The van der Waals surface area contributed by atoms with Crippen LogP contribution in [-0.4, -0.2) is 24.3 Å². The third kappa shape index (κ3) is 5.97. The van der Waals surface area contributed by atoms with E-state index in [1.54, 1.807) is 0 Å². The molecule has 124 valence electrons. The highest BCUT2D eigenvalue weighted by Crippen LogP contribution is 2.32. The summed E-state index contributed by atoms with van der Waals surface area (Å²) >= 11 is 1.86. The molecule has 1 aromatic heterocycles. The molecule has 0 saturated heterocycles. The van der Waals surface area contributed by atoms with E-state index < -0.39 is 5.60 Å². The van der Waals surface area contributed by atoms with Crippen LogP contribution in [0.25, 0.3) is 0 Å². The lowest BCUT2D eigenvalue weighted by molar-refractivity contribution is 0.0497. The van der Waals surface area contributed by atoms with Crippen molar-refractivity contribution in [2.75, 3.05) is 6.54 Å². The first kappa shape index (κ1) is 17.3. The molecule has 1 fully saturated rings. The molecule has 1 heterocycles. The molecule has 1 aliphatic carbocycles. The summed E-state index contributed by atoms with van der Waals surface area (Å²) in [4.78, 5) is 14.7. The van der Waals surface area contributed by atoms with Crippen molar-refractivity contribution in [3.05, 3.63) is 21.9 Å². The fraction of sp³-hybridized carbons (Fsp3) is 0.706. The van der Waals surface area contributed by atoms with E-state index in [9.17, 15) is 4.79 Å². The minimum absolute atomic E-state index is 0.167. The van der Waals surface area contributed by atoms with Crippen LogP contribution in [0.2, 0.25) is 0 Å². The summed E-state index contributed by atoms with van der Waals surface area (Å²) in [6.07, 6.45) is 3.17. The molecule has 22 heavy (non-hydrogen) atoms. The fourth-order valence-corrected chi connectivity index (χ4v) is 3.28. The number of aryl methyl sites for hydroxylation is 1. The van der Waals surface area contributed by atoms with Gasteiger partial charge in [-0.05, 0) is 58.1 Å². The molecule has 1 amide bonds. The second-order valence-electron chi connectivity index (χ2n) is 6.94. The van der Waals surface area contributed by atoms with E-state index in [4.69, 9.17) is 4.74 Å². The van der Waals surface area contributed by atoms with Crippen molar-refractivity contribution in [2.24, 2.45) is 5.92 Å². The van der Waals surface area contributed by atoms with Gasteiger partial charge in [-0.3, -0.25) is 0 Å². The zero-order valence-corrected chi connectivity index (χ0v) is 14.9. The maximum Gasteiger partial charge on any atom is 0.407 e. The molecule has 2 rings (SSSR count). The molecule has 1 aromatic rings. The Kier molecular flexibility index (Phi) is 5.87. The number of hydrogen-bond acceptors (Lipinski definition) is 4. The number of carbonyl (C=O) groups excluding carboxylic acids is 1. The van der Waals surface area contributed by atoms with E-state index in [2.05, 4.69) is 29.7 Å². The molecule has 4 nitrogen and oxygen atoms in total. The topological polar surface area (TPSA) is 50.4 Å². The highest BCUT2D eigenvalue weighted by molar-refractivity contribution is 7.11. The average Bonchev–Trinajstić information content (AvgIpc) is 3.15. The minimum Gasteiger partial charge on any atom is -0.444 e. The summed E-state index contributed by atoms with van der Waals surface area (Å²) in [6, 6.07) is 4.54. The van der Waals surface area contributed by atoms with E-state index in [1.807, 2.05) is 32.1 Å². The van der Waals surface area contributed by atoms with Crippen LogP contribution in [0.5, 0.6) is 0 Å². The quantitative estimate of drug-likeness (QED) is 0.804. The number of ether oxygens (including phenoxy) is 1. The molecule has 0 aromatic carbocycles. The van der Waals surface area contributed by atoms with Gasteiger partial charge in [0, 0.05) is 28.9 Å². The van der Waals surface area contributed by atoms with Crippen molar-refractivity contribution in [3.63, 3.8) is 0 Å². The van der Waals surface area contributed by atoms with Gasteiger partial charge in [-0.1, -0.05) is 6.92 Å². The van der Waals surface area contributed by atoms with E-state index in [0.29, 0.717) is 5.92 Å². The Morgan fingerprint density at radius 1 is 1.36 bits per heavy atom. The second kappa shape index (κ2) is 7.47. The van der Waals surface area contributed by atoms with E-state index in [0.717, 1.165) is 19.5 Å². The molecule has 1 saturated carbocycles. The van der Waals surface area contributed by atoms with Crippen LogP contribution >= 0.6 is 11.3 Å². The molecule has 0 aliphatic heterocycles. The number of thiophene rings is 1. The van der Waals surface area contributed by atoms with Crippen LogP contribution in [0, 0.1) is 5.92 Å². The first-order valence-electron chi connectivity index (χ1n) is 8.15. The van der Waals surface area contributed by atoms with Crippen molar-refractivity contribution in [1.29, 1.82) is 0 Å². The number of nitrogens with one attached hydrogen (secondary N) is 2. The molecular weight excluding hydrogens is 296 g/mol. The molecular formula is C17H28N2O2S. The van der Waals surface area contributed by atoms with Crippen LogP contribution in [0.15, 0.2) is 12.1 Å². The molecule has 0 spiro atoms. The smallest absolute Gasteiger partial charge is 0.407 e. The van der Waals surface area contributed by atoms with E-state index >= 15 is 0 Å². The van der Waals surface area contributed by atoms with Gasteiger partial charge in [-0.15, -0.1) is 11.3 Å². The highest BCUT2D eigenvalue weighted by atomic mass is 32.1. The van der Waals surface area contributed by atoms with Crippen LogP contribution in [-0.2, 0) is 17.7 Å². The Hall–Kier alpha value is -1.07.